The molecule has 1 N–H and O–H groups in total. The Labute approximate surface area is 54.0 Å². The van der Waals surface area contributed by atoms with Crippen molar-refractivity contribution in [3.8, 4) is 0 Å². The van der Waals surface area contributed by atoms with Gasteiger partial charge in [0.1, 0.15) is 0 Å². The fraction of sp³-hybridized carbons (Fsp3) is 0. The van der Waals surface area contributed by atoms with Crippen molar-refractivity contribution in [1.29, 1.82) is 0 Å². The standard InChI is InChI=1S/C4H2ClNO3/c5-3-1-2(7)4(8)6-9-3/h1H,(H,6,8). The summed E-state index contributed by atoms with van der Waals surface area (Å²) in [5.41, 5.74) is -1.51. The second-order valence-electron chi connectivity index (χ2n) is 1.35. The lowest BCUT2D eigenvalue weighted by Gasteiger charge is -1.81. The normalized spacial score (nSPS) is 9.44. The molecule has 0 radical (unpaired) electrons. The molecule has 1 rings (SSSR count). The van der Waals surface area contributed by atoms with Gasteiger partial charge >= 0.3 is 5.56 Å². The molecule has 0 aliphatic carbocycles. The van der Waals surface area contributed by atoms with Crippen LogP contribution in [0.15, 0.2) is 20.2 Å². The van der Waals surface area contributed by atoms with E-state index < -0.39 is 11.0 Å². The molecule has 0 saturated heterocycles. The van der Waals surface area contributed by atoms with E-state index in [0.717, 1.165) is 6.07 Å². The highest BCUT2D eigenvalue weighted by Gasteiger charge is 1.93. The number of H-pyrrole nitrogens is 1. The molecule has 0 bridgehead atoms. The number of rotatable bonds is 0. The van der Waals surface area contributed by atoms with Crippen LogP contribution in [0.3, 0.4) is 0 Å². The van der Waals surface area contributed by atoms with E-state index in [-0.39, 0.29) is 5.22 Å². The molecule has 9 heavy (non-hydrogen) atoms. The molecule has 0 fully saturated rings. The number of aromatic nitrogens is 1. The van der Waals surface area contributed by atoms with Gasteiger partial charge in [0.25, 0.3) is 5.43 Å². The molecule has 48 valence electrons. The minimum atomic E-state index is -0.806. The molecule has 0 saturated carbocycles. The van der Waals surface area contributed by atoms with Crippen molar-refractivity contribution in [1.82, 2.24) is 5.16 Å². The number of aromatic amines is 1. The molecule has 1 aromatic rings. The Morgan fingerprint density at radius 3 is 2.67 bits per heavy atom. The minimum Gasteiger partial charge on any atom is -0.367 e. The molecule has 0 atom stereocenters. The van der Waals surface area contributed by atoms with Crippen molar-refractivity contribution in [2.45, 2.75) is 0 Å². The molecule has 0 amide bonds. The van der Waals surface area contributed by atoms with Crippen LogP contribution >= 0.6 is 11.6 Å². The fourth-order valence-corrected chi connectivity index (χ4v) is 0.481. The predicted octanol–water partition coefficient (Wildman–Crippen LogP) is -0.0185. The first-order valence-electron chi connectivity index (χ1n) is 2.08. The van der Waals surface area contributed by atoms with Crippen LogP contribution in [-0.2, 0) is 0 Å². The summed E-state index contributed by atoms with van der Waals surface area (Å²) >= 11 is 5.18. The van der Waals surface area contributed by atoms with Gasteiger partial charge in [0.2, 0.25) is 5.22 Å². The highest BCUT2D eigenvalue weighted by molar-refractivity contribution is 6.28. The summed E-state index contributed by atoms with van der Waals surface area (Å²) in [6, 6.07) is 0.903. The fourth-order valence-electron chi connectivity index (χ4n) is 0.343. The predicted molar refractivity (Wildman–Crippen MR) is 30.6 cm³/mol. The van der Waals surface area contributed by atoms with Crippen LogP contribution in [-0.4, -0.2) is 5.16 Å². The quantitative estimate of drug-likeness (QED) is 0.525. The molecule has 0 aliphatic heterocycles. The van der Waals surface area contributed by atoms with Gasteiger partial charge in [0.05, 0.1) is 0 Å². The van der Waals surface area contributed by atoms with Gasteiger partial charge < -0.3 is 4.52 Å². The van der Waals surface area contributed by atoms with E-state index in [4.69, 9.17) is 11.6 Å². The van der Waals surface area contributed by atoms with Crippen molar-refractivity contribution in [3.63, 3.8) is 0 Å². The van der Waals surface area contributed by atoms with Gasteiger partial charge in [-0.1, -0.05) is 0 Å². The van der Waals surface area contributed by atoms with Crippen LogP contribution < -0.4 is 11.0 Å². The van der Waals surface area contributed by atoms with E-state index in [0.29, 0.717) is 0 Å². The summed E-state index contributed by atoms with van der Waals surface area (Å²) in [5.74, 6) is 0. The van der Waals surface area contributed by atoms with Crippen LogP contribution in [0.1, 0.15) is 0 Å². The van der Waals surface area contributed by atoms with Gasteiger partial charge in [0.15, 0.2) is 0 Å². The number of nitrogens with one attached hydrogen (secondary N) is 1. The zero-order chi connectivity index (χ0) is 6.85. The third-order valence-electron chi connectivity index (χ3n) is 0.710. The van der Waals surface area contributed by atoms with Gasteiger partial charge in [0, 0.05) is 6.07 Å². The first kappa shape index (κ1) is 6.10. The van der Waals surface area contributed by atoms with Crippen LogP contribution in [0.5, 0.6) is 0 Å². The third-order valence-corrected chi connectivity index (χ3v) is 0.896. The SMILES string of the molecule is O=c1cc(Cl)o[nH]c1=O. The molecule has 5 heteroatoms. The first-order chi connectivity index (χ1) is 4.20. The summed E-state index contributed by atoms with van der Waals surface area (Å²) in [7, 11) is 0. The Bertz CT molecular complexity index is 312. The number of hydrogen-bond acceptors (Lipinski definition) is 3. The van der Waals surface area contributed by atoms with Crippen LogP contribution in [0.25, 0.3) is 0 Å². The first-order valence-corrected chi connectivity index (χ1v) is 2.46. The van der Waals surface area contributed by atoms with E-state index >= 15 is 0 Å². The summed E-state index contributed by atoms with van der Waals surface area (Å²) in [5, 5.41) is 1.67. The van der Waals surface area contributed by atoms with Gasteiger partial charge in [-0.15, -0.1) is 0 Å². The molecule has 0 spiro atoms. The van der Waals surface area contributed by atoms with E-state index in [9.17, 15) is 9.59 Å². The van der Waals surface area contributed by atoms with Gasteiger partial charge in [-0.25, -0.2) is 0 Å². The van der Waals surface area contributed by atoms with Crippen molar-refractivity contribution in [2.24, 2.45) is 0 Å². The summed E-state index contributed by atoms with van der Waals surface area (Å²) in [4.78, 5) is 20.6. The second kappa shape index (κ2) is 2.06. The molecule has 0 unspecified atom stereocenters. The average Bonchev–Trinajstić information content (AvgIpc) is 1.80. The van der Waals surface area contributed by atoms with Crippen LogP contribution in [0.4, 0.5) is 0 Å². The van der Waals surface area contributed by atoms with Gasteiger partial charge in [-0.05, 0) is 11.6 Å². The van der Waals surface area contributed by atoms with E-state index in [1.54, 1.807) is 5.16 Å². The highest BCUT2D eigenvalue weighted by atomic mass is 35.5. The lowest BCUT2D eigenvalue weighted by atomic mass is 10.6. The average molecular weight is 148 g/mol. The minimum absolute atomic E-state index is 0.125. The van der Waals surface area contributed by atoms with Crippen molar-refractivity contribution in [3.05, 3.63) is 31.9 Å². The van der Waals surface area contributed by atoms with E-state index in [1.807, 2.05) is 0 Å². The lowest BCUT2D eigenvalue weighted by Crippen LogP contribution is -2.24. The monoisotopic (exact) mass is 147 g/mol. The van der Waals surface area contributed by atoms with Crippen molar-refractivity contribution >= 4 is 11.6 Å². The second-order valence-corrected chi connectivity index (χ2v) is 1.72. The Hall–Kier alpha value is -1.03. The van der Waals surface area contributed by atoms with Crippen LogP contribution in [0, 0.1) is 0 Å². The maximum Gasteiger partial charge on any atom is 0.324 e. The highest BCUT2D eigenvalue weighted by Crippen LogP contribution is 1.96. The Kier molecular flexibility index (Phi) is 1.40. The third kappa shape index (κ3) is 1.20. The number of hydrogen-bond donors (Lipinski definition) is 1. The summed E-state index contributed by atoms with van der Waals surface area (Å²) in [6.45, 7) is 0. The zero-order valence-electron chi connectivity index (χ0n) is 4.18. The van der Waals surface area contributed by atoms with E-state index in [1.165, 1.54) is 0 Å². The lowest BCUT2D eigenvalue weighted by molar-refractivity contribution is 0.390. The molecule has 0 aromatic carbocycles. The van der Waals surface area contributed by atoms with Crippen molar-refractivity contribution < 1.29 is 4.52 Å². The van der Waals surface area contributed by atoms with Gasteiger partial charge in [-0.2, -0.15) is 5.16 Å². The van der Waals surface area contributed by atoms with Crippen molar-refractivity contribution in [2.75, 3.05) is 0 Å². The largest absolute Gasteiger partial charge is 0.367 e. The van der Waals surface area contributed by atoms with Gasteiger partial charge in [-0.3, -0.25) is 9.59 Å². The topological polar surface area (TPSA) is 63.1 Å². The summed E-state index contributed by atoms with van der Waals surface area (Å²) in [6.07, 6.45) is 0. The maximum atomic E-state index is 10.4. The Morgan fingerprint density at radius 2 is 2.22 bits per heavy atom. The Balaban J connectivity index is 3.53. The number of halogens is 1. The molecular formula is C4H2ClNO3. The smallest absolute Gasteiger partial charge is 0.324 e. The summed E-state index contributed by atoms with van der Waals surface area (Å²) < 4.78 is 4.27. The molecule has 1 heterocycles. The Morgan fingerprint density at radius 1 is 1.56 bits per heavy atom. The molecule has 0 aliphatic rings. The van der Waals surface area contributed by atoms with Crippen LogP contribution in [0.2, 0.25) is 5.22 Å². The maximum absolute atomic E-state index is 10.4. The molecule has 1 aromatic heterocycles. The zero-order valence-corrected chi connectivity index (χ0v) is 4.94. The molecular weight excluding hydrogens is 146 g/mol. The van der Waals surface area contributed by atoms with E-state index in [2.05, 4.69) is 4.52 Å². The molecule has 4 nitrogen and oxygen atoms in total.